The maximum atomic E-state index is 13.3. The molecule has 3 N–H and O–H groups in total. The molecule has 1 heterocycles. The highest BCUT2D eigenvalue weighted by molar-refractivity contribution is 5.96. The first-order valence-corrected chi connectivity index (χ1v) is 10.6. The SMILES string of the molecule is CCN(C(=O)[C@@H](C)[NH+]1CC[NH+](CC(=O)Nc2cccc(F)c2)CC1)c1ccccc1. The Morgan fingerprint density at radius 2 is 1.77 bits per heavy atom. The zero-order valence-corrected chi connectivity index (χ0v) is 17.7. The Labute approximate surface area is 177 Å². The van der Waals surface area contributed by atoms with Gasteiger partial charge in [0.2, 0.25) is 0 Å². The molecule has 1 atom stereocenters. The van der Waals surface area contributed by atoms with Crippen molar-refractivity contribution in [1.29, 1.82) is 0 Å². The first-order valence-electron chi connectivity index (χ1n) is 10.6. The van der Waals surface area contributed by atoms with E-state index in [0.717, 1.165) is 31.9 Å². The summed E-state index contributed by atoms with van der Waals surface area (Å²) in [4.78, 5) is 29.6. The number of para-hydroxylation sites is 1. The minimum absolute atomic E-state index is 0.121. The van der Waals surface area contributed by atoms with Gasteiger partial charge in [0.05, 0.1) is 0 Å². The van der Waals surface area contributed by atoms with Gasteiger partial charge in [0.1, 0.15) is 32.0 Å². The quantitative estimate of drug-likeness (QED) is 0.597. The smallest absolute Gasteiger partial charge is 0.284 e. The predicted molar refractivity (Wildman–Crippen MR) is 115 cm³/mol. The van der Waals surface area contributed by atoms with Crippen LogP contribution in [0.15, 0.2) is 54.6 Å². The Bertz CT molecular complexity index is 853. The van der Waals surface area contributed by atoms with Crippen LogP contribution in [0.25, 0.3) is 0 Å². The van der Waals surface area contributed by atoms with Gasteiger partial charge in [-0.25, -0.2) is 4.39 Å². The molecule has 0 radical (unpaired) electrons. The lowest BCUT2D eigenvalue weighted by Crippen LogP contribution is -3.30. The fraction of sp³-hybridized carbons (Fsp3) is 0.391. The largest absolute Gasteiger partial charge is 0.321 e. The van der Waals surface area contributed by atoms with Gasteiger partial charge in [-0.3, -0.25) is 9.59 Å². The van der Waals surface area contributed by atoms with E-state index < -0.39 is 0 Å². The van der Waals surface area contributed by atoms with Gasteiger partial charge in [-0.05, 0) is 44.2 Å². The van der Waals surface area contributed by atoms with Gasteiger partial charge >= 0.3 is 0 Å². The molecule has 0 spiro atoms. The number of rotatable bonds is 7. The molecule has 0 aliphatic carbocycles. The number of quaternary nitrogens is 2. The monoisotopic (exact) mass is 414 g/mol. The molecule has 160 valence electrons. The van der Waals surface area contributed by atoms with Crippen LogP contribution in [0.3, 0.4) is 0 Å². The van der Waals surface area contributed by atoms with Gasteiger partial charge in [-0.1, -0.05) is 24.3 Å². The minimum Gasteiger partial charge on any atom is -0.321 e. The van der Waals surface area contributed by atoms with Crippen LogP contribution in [0.4, 0.5) is 15.8 Å². The topological polar surface area (TPSA) is 58.3 Å². The van der Waals surface area contributed by atoms with Crippen LogP contribution in [0.1, 0.15) is 13.8 Å². The molecular formula is C23H31FN4O2+2. The number of likely N-dealkylation sites (N-methyl/N-ethyl adjacent to an activating group) is 1. The number of hydrogen-bond acceptors (Lipinski definition) is 2. The number of piperazine rings is 1. The highest BCUT2D eigenvalue weighted by Crippen LogP contribution is 2.13. The Hall–Kier alpha value is -2.77. The lowest BCUT2D eigenvalue weighted by molar-refractivity contribution is -1.01. The molecule has 6 nitrogen and oxygen atoms in total. The van der Waals surface area contributed by atoms with Crippen LogP contribution in [-0.2, 0) is 9.59 Å². The van der Waals surface area contributed by atoms with Crippen LogP contribution in [-0.4, -0.2) is 57.1 Å². The third-order valence-electron chi connectivity index (χ3n) is 5.75. The Kier molecular flexibility index (Phi) is 7.54. The molecule has 0 unspecified atom stereocenters. The third-order valence-corrected chi connectivity index (χ3v) is 5.75. The first kappa shape index (κ1) is 21.9. The average Bonchev–Trinajstić information content (AvgIpc) is 2.75. The zero-order chi connectivity index (χ0) is 21.5. The number of benzene rings is 2. The van der Waals surface area contributed by atoms with Crippen LogP contribution in [0.2, 0.25) is 0 Å². The van der Waals surface area contributed by atoms with Gasteiger partial charge in [-0.15, -0.1) is 0 Å². The molecule has 7 heteroatoms. The van der Waals surface area contributed by atoms with Gasteiger partial charge < -0.3 is 20.0 Å². The van der Waals surface area contributed by atoms with Crippen molar-refractivity contribution in [3.05, 3.63) is 60.4 Å². The number of nitrogens with zero attached hydrogens (tertiary/aromatic N) is 1. The summed E-state index contributed by atoms with van der Waals surface area (Å²) >= 11 is 0. The zero-order valence-electron chi connectivity index (χ0n) is 17.7. The van der Waals surface area contributed by atoms with Gasteiger partial charge in [0.25, 0.3) is 11.8 Å². The van der Waals surface area contributed by atoms with E-state index in [0.29, 0.717) is 18.8 Å². The standard InChI is InChI=1S/C23H29FN4O2/c1-3-28(21-10-5-4-6-11-21)23(30)18(2)27-14-12-26(13-15-27)17-22(29)25-20-9-7-8-19(24)16-20/h4-11,16,18H,3,12-15,17H2,1-2H3,(H,25,29)/p+2/t18-/m1/s1. The molecule has 0 saturated carbocycles. The van der Waals surface area contributed by atoms with Crippen molar-refractivity contribution in [2.75, 3.05) is 49.5 Å². The van der Waals surface area contributed by atoms with Crippen LogP contribution in [0, 0.1) is 5.82 Å². The van der Waals surface area contributed by atoms with Crippen molar-refractivity contribution in [2.45, 2.75) is 19.9 Å². The summed E-state index contributed by atoms with van der Waals surface area (Å²) in [5.74, 6) is -0.358. The number of anilines is 2. The number of hydrogen-bond donors (Lipinski definition) is 3. The summed E-state index contributed by atoms with van der Waals surface area (Å²) in [6.07, 6.45) is 0. The van der Waals surface area contributed by atoms with E-state index in [-0.39, 0.29) is 23.7 Å². The maximum Gasteiger partial charge on any atom is 0.284 e. The van der Waals surface area contributed by atoms with Crippen molar-refractivity contribution >= 4 is 23.2 Å². The fourth-order valence-corrected chi connectivity index (χ4v) is 4.01. The number of carbonyl (C=O) groups excluding carboxylic acids is 2. The Morgan fingerprint density at radius 1 is 1.07 bits per heavy atom. The van der Waals surface area contributed by atoms with Gasteiger partial charge in [-0.2, -0.15) is 0 Å². The molecule has 3 rings (SSSR count). The van der Waals surface area contributed by atoms with Crippen molar-refractivity contribution in [1.82, 2.24) is 0 Å². The molecular weight excluding hydrogens is 383 g/mol. The van der Waals surface area contributed by atoms with Crippen LogP contribution >= 0.6 is 0 Å². The number of carbonyl (C=O) groups is 2. The summed E-state index contributed by atoms with van der Waals surface area (Å²) in [5, 5.41) is 2.76. The summed E-state index contributed by atoms with van der Waals surface area (Å²) in [6, 6.07) is 15.5. The fourth-order valence-electron chi connectivity index (χ4n) is 4.01. The van der Waals surface area contributed by atoms with E-state index in [2.05, 4.69) is 5.32 Å². The van der Waals surface area contributed by atoms with Gasteiger partial charge in [0, 0.05) is 17.9 Å². The van der Waals surface area contributed by atoms with Crippen LogP contribution < -0.4 is 20.0 Å². The molecule has 1 aliphatic heterocycles. The number of nitrogens with one attached hydrogen (secondary N) is 3. The van der Waals surface area contributed by atoms with Crippen LogP contribution in [0.5, 0.6) is 0 Å². The first-order chi connectivity index (χ1) is 14.5. The second-order valence-corrected chi connectivity index (χ2v) is 7.78. The third kappa shape index (κ3) is 5.64. The molecule has 1 fully saturated rings. The lowest BCUT2D eigenvalue weighted by atomic mass is 10.1. The van der Waals surface area contributed by atoms with E-state index in [1.807, 2.05) is 49.1 Å². The highest BCUT2D eigenvalue weighted by atomic mass is 19.1. The summed E-state index contributed by atoms with van der Waals surface area (Å²) in [6.45, 7) is 8.28. The van der Waals surface area contributed by atoms with Crippen molar-refractivity contribution in [3.63, 3.8) is 0 Å². The van der Waals surface area contributed by atoms with E-state index in [1.54, 1.807) is 12.1 Å². The van der Waals surface area contributed by atoms with E-state index in [9.17, 15) is 14.0 Å². The Morgan fingerprint density at radius 3 is 2.40 bits per heavy atom. The lowest BCUT2D eigenvalue weighted by Gasteiger charge is -2.34. The Balaban J connectivity index is 1.49. The molecule has 0 aromatic heterocycles. The predicted octanol–water partition coefficient (Wildman–Crippen LogP) is -0.0108. The van der Waals surface area contributed by atoms with Crippen molar-refractivity contribution < 1.29 is 23.8 Å². The van der Waals surface area contributed by atoms with E-state index in [4.69, 9.17) is 0 Å². The molecule has 1 aliphatic rings. The molecule has 2 amide bonds. The average molecular weight is 415 g/mol. The van der Waals surface area contributed by atoms with E-state index in [1.165, 1.54) is 21.9 Å². The molecule has 30 heavy (non-hydrogen) atoms. The van der Waals surface area contributed by atoms with Crippen molar-refractivity contribution in [2.24, 2.45) is 0 Å². The van der Waals surface area contributed by atoms with Gasteiger partial charge in [0.15, 0.2) is 12.6 Å². The summed E-state index contributed by atoms with van der Waals surface area (Å²) in [7, 11) is 0. The second kappa shape index (κ2) is 10.3. The molecule has 2 aromatic rings. The highest BCUT2D eigenvalue weighted by Gasteiger charge is 2.34. The number of amides is 2. The summed E-state index contributed by atoms with van der Waals surface area (Å²) in [5.41, 5.74) is 1.40. The van der Waals surface area contributed by atoms with Crippen molar-refractivity contribution in [3.8, 4) is 0 Å². The number of halogens is 1. The minimum atomic E-state index is -0.368. The maximum absolute atomic E-state index is 13.3. The summed E-state index contributed by atoms with van der Waals surface area (Å²) < 4.78 is 13.3. The molecule has 1 saturated heterocycles. The molecule has 0 bridgehead atoms. The second-order valence-electron chi connectivity index (χ2n) is 7.78. The van der Waals surface area contributed by atoms with E-state index >= 15 is 0 Å². The normalized spacial score (nSPS) is 19.7. The molecule has 2 aromatic carbocycles.